The Morgan fingerprint density at radius 3 is 2.43 bits per heavy atom. The molecule has 0 spiro atoms. The van der Waals surface area contributed by atoms with Gasteiger partial charge in [-0.1, -0.05) is 25.5 Å². The number of hydrogen-bond donors (Lipinski definition) is 1. The molecular formula is C17H23N3O. The van der Waals surface area contributed by atoms with Crippen LogP contribution in [0.25, 0.3) is 0 Å². The first-order chi connectivity index (χ1) is 10.0. The van der Waals surface area contributed by atoms with E-state index in [0.717, 1.165) is 23.5 Å². The SMILES string of the molecule is CCCCc1ccc(NC(=O)c2c(C)nn(C)c2C)cc1. The molecule has 0 unspecified atom stereocenters. The number of aryl methyl sites for hydroxylation is 3. The van der Waals surface area contributed by atoms with E-state index in [9.17, 15) is 4.79 Å². The number of aromatic nitrogens is 2. The van der Waals surface area contributed by atoms with Crippen LogP contribution >= 0.6 is 0 Å². The lowest BCUT2D eigenvalue weighted by Crippen LogP contribution is -2.14. The highest BCUT2D eigenvalue weighted by molar-refractivity contribution is 6.05. The first-order valence-corrected chi connectivity index (χ1v) is 7.43. The van der Waals surface area contributed by atoms with Crippen molar-refractivity contribution in [2.24, 2.45) is 7.05 Å². The molecular weight excluding hydrogens is 262 g/mol. The molecule has 1 heterocycles. The molecule has 0 atom stereocenters. The van der Waals surface area contributed by atoms with Gasteiger partial charge in [-0.25, -0.2) is 0 Å². The minimum absolute atomic E-state index is 0.0978. The van der Waals surface area contributed by atoms with Gasteiger partial charge in [-0.3, -0.25) is 9.48 Å². The summed E-state index contributed by atoms with van der Waals surface area (Å²) in [5, 5.41) is 7.22. The van der Waals surface area contributed by atoms with Crippen molar-refractivity contribution < 1.29 is 4.79 Å². The molecule has 0 saturated heterocycles. The molecule has 1 aromatic carbocycles. The monoisotopic (exact) mass is 285 g/mol. The highest BCUT2D eigenvalue weighted by atomic mass is 16.1. The molecule has 0 radical (unpaired) electrons. The largest absolute Gasteiger partial charge is 0.322 e. The maximum Gasteiger partial charge on any atom is 0.259 e. The fourth-order valence-corrected chi connectivity index (χ4v) is 2.43. The van der Waals surface area contributed by atoms with Crippen molar-refractivity contribution in [1.29, 1.82) is 0 Å². The summed E-state index contributed by atoms with van der Waals surface area (Å²) in [6.45, 7) is 5.95. The number of carbonyl (C=O) groups excluding carboxylic acids is 1. The number of benzene rings is 1. The summed E-state index contributed by atoms with van der Waals surface area (Å²) in [6.07, 6.45) is 3.48. The van der Waals surface area contributed by atoms with Gasteiger partial charge < -0.3 is 5.32 Å². The molecule has 2 rings (SSSR count). The van der Waals surface area contributed by atoms with Gasteiger partial charge in [0.2, 0.25) is 0 Å². The Morgan fingerprint density at radius 2 is 1.90 bits per heavy atom. The van der Waals surface area contributed by atoms with E-state index in [1.807, 2.05) is 33.0 Å². The lowest BCUT2D eigenvalue weighted by atomic mass is 10.1. The molecule has 1 amide bonds. The summed E-state index contributed by atoms with van der Waals surface area (Å²) in [6, 6.07) is 8.08. The quantitative estimate of drug-likeness (QED) is 0.911. The van der Waals surface area contributed by atoms with E-state index >= 15 is 0 Å². The normalized spacial score (nSPS) is 10.7. The predicted octanol–water partition coefficient (Wildman–Crippen LogP) is 3.63. The van der Waals surface area contributed by atoms with E-state index in [0.29, 0.717) is 5.56 Å². The van der Waals surface area contributed by atoms with Gasteiger partial charge in [0.1, 0.15) is 0 Å². The molecule has 0 aliphatic heterocycles. The maximum atomic E-state index is 12.4. The molecule has 0 saturated carbocycles. The van der Waals surface area contributed by atoms with Crippen LogP contribution in [0.15, 0.2) is 24.3 Å². The summed E-state index contributed by atoms with van der Waals surface area (Å²) in [5.74, 6) is -0.0978. The van der Waals surface area contributed by atoms with Crippen LogP contribution < -0.4 is 5.32 Å². The minimum atomic E-state index is -0.0978. The van der Waals surface area contributed by atoms with Crippen LogP contribution in [0.1, 0.15) is 47.1 Å². The number of anilines is 1. The lowest BCUT2D eigenvalue weighted by molar-refractivity contribution is 0.102. The van der Waals surface area contributed by atoms with Crippen LogP contribution in [0.5, 0.6) is 0 Å². The Labute approximate surface area is 126 Å². The van der Waals surface area contributed by atoms with Crippen LogP contribution in [0.3, 0.4) is 0 Å². The smallest absolute Gasteiger partial charge is 0.259 e. The number of rotatable bonds is 5. The average molecular weight is 285 g/mol. The summed E-state index contributed by atoms with van der Waals surface area (Å²) in [7, 11) is 1.85. The Hall–Kier alpha value is -2.10. The minimum Gasteiger partial charge on any atom is -0.322 e. The van der Waals surface area contributed by atoms with Gasteiger partial charge in [-0.15, -0.1) is 0 Å². The summed E-state index contributed by atoms with van der Waals surface area (Å²) in [4.78, 5) is 12.4. The second-order valence-corrected chi connectivity index (χ2v) is 5.42. The maximum absolute atomic E-state index is 12.4. The Balaban J connectivity index is 2.09. The van der Waals surface area contributed by atoms with E-state index in [-0.39, 0.29) is 5.91 Å². The van der Waals surface area contributed by atoms with Crippen molar-refractivity contribution in [1.82, 2.24) is 9.78 Å². The molecule has 4 nitrogen and oxygen atoms in total. The van der Waals surface area contributed by atoms with Gasteiger partial charge in [0.05, 0.1) is 11.3 Å². The Morgan fingerprint density at radius 1 is 1.24 bits per heavy atom. The van der Waals surface area contributed by atoms with Crippen LogP contribution in [0.2, 0.25) is 0 Å². The third-order valence-electron chi connectivity index (χ3n) is 3.77. The molecule has 21 heavy (non-hydrogen) atoms. The molecule has 0 aliphatic carbocycles. The molecule has 0 fully saturated rings. The standard InChI is InChI=1S/C17H23N3O/c1-5-6-7-14-8-10-15(11-9-14)18-17(21)16-12(2)19-20(4)13(16)3/h8-11H,5-7H2,1-4H3,(H,18,21). The van der Waals surface area contributed by atoms with Crippen LogP contribution in [-0.4, -0.2) is 15.7 Å². The van der Waals surface area contributed by atoms with Crippen molar-refractivity contribution in [2.45, 2.75) is 40.0 Å². The topological polar surface area (TPSA) is 46.9 Å². The molecule has 1 aromatic heterocycles. The van der Waals surface area contributed by atoms with Gasteiger partial charge >= 0.3 is 0 Å². The molecule has 0 aliphatic rings. The fourth-order valence-electron chi connectivity index (χ4n) is 2.43. The van der Waals surface area contributed by atoms with Crippen LogP contribution in [0, 0.1) is 13.8 Å². The zero-order chi connectivity index (χ0) is 15.4. The summed E-state index contributed by atoms with van der Waals surface area (Å²) < 4.78 is 1.73. The highest BCUT2D eigenvalue weighted by Crippen LogP contribution is 2.16. The second-order valence-electron chi connectivity index (χ2n) is 5.42. The number of nitrogens with zero attached hydrogens (tertiary/aromatic N) is 2. The molecule has 2 aromatic rings. The second kappa shape index (κ2) is 6.57. The van der Waals surface area contributed by atoms with Gasteiger partial charge in [0, 0.05) is 18.4 Å². The van der Waals surface area contributed by atoms with Crippen molar-refractivity contribution in [3.63, 3.8) is 0 Å². The zero-order valence-corrected chi connectivity index (χ0v) is 13.2. The average Bonchev–Trinajstić information content (AvgIpc) is 2.71. The van der Waals surface area contributed by atoms with Crippen molar-refractivity contribution >= 4 is 11.6 Å². The van der Waals surface area contributed by atoms with E-state index in [2.05, 4.69) is 29.5 Å². The fraction of sp³-hybridized carbons (Fsp3) is 0.412. The van der Waals surface area contributed by atoms with Crippen LogP contribution in [-0.2, 0) is 13.5 Å². The van der Waals surface area contributed by atoms with Gasteiger partial charge in [0.15, 0.2) is 0 Å². The zero-order valence-electron chi connectivity index (χ0n) is 13.2. The molecule has 4 heteroatoms. The van der Waals surface area contributed by atoms with E-state index in [4.69, 9.17) is 0 Å². The highest BCUT2D eigenvalue weighted by Gasteiger charge is 2.17. The summed E-state index contributed by atoms with van der Waals surface area (Å²) in [5.41, 5.74) is 4.43. The van der Waals surface area contributed by atoms with Crippen molar-refractivity contribution in [3.05, 3.63) is 46.8 Å². The van der Waals surface area contributed by atoms with E-state index in [1.54, 1.807) is 4.68 Å². The number of carbonyl (C=O) groups is 1. The van der Waals surface area contributed by atoms with Crippen molar-refractivity contribution in [3.8, 4) is 0 Å². The van der Waals surface area contributed by atoms with Gasteiger partial charge in [-0.05, 0) is 44.4 Å². The number of hydrogen-bond acceptors (Lipinski definition) is 2. The number of unbranched alkanes of at least 4 members (excludes halogenated alkanes) is 1. The Kier molecular flexibility index (Phi) is 4.78. The summed E-state index contributed by atoms with van der Waals surface area (Å²) >= 11 is 0. The molecule has 1 N–H and O–H groups in total. The first-order valence-electron chi connectivity index (χ1n) is 7.43. The third-order valence-corrected chi connectivity index (χ3v) is 3.77. The molecule has 0 bridgehead atoms. The third kappa shape index (κ3) is 3.51. The van der Waals surface area contributed by atoms with Gasteiger partial charge in [-0.2, -0.15) is 5.10 Å². The first kappa shape index (κ1) is 15.3. The van der Waals surface area contributed by atoms with Gasteiger partial charge in [0.25, 0.3) is 5.91 Å². The Bertz CT molecular complexity index is 626. The number of amides is 1. The predicted molar refractivity (Wildman–Crippen MR) is 85.7 cm³/mol. The number of nitrogens with one attached hydrogen (secondary N) is 1. The van der Waals surface area contributed by atoms with E-state index in [1.165, 1.54) is 18.4 Å². The molecule has 112 valence electrons. The van der Waals surface area contributed by atoms with Crippen LogP contribution in [0.4, 0.5) is 5.69 Å². The van der Waals surface area contributed by atoms with Crippen molar-refractivity contribution in [2.75, 3.05) is 5.32 Å². The lowest BCUT2D eigenvalue weighted by Gasteiger charge is -2.07. The van der Waals surface area contributed by atoms with E-state index < -0.39 is 0 Å².